The van der Waals surface area contributed by atoms with E-state index in [9.17, 15) is 14.4 Å². The Bertz CT molecular complexity index is 996. The minimum atomic E-state index is -0.227. The first-order chi connectivity index (χ1) is 14.1. The summed E-state index contributed by atoms with van der Waals surface area (Å²) in [6, 6.07) is 8.46. The fourth-order valence-electron chi connectivity index (χ4n) is 5.02. The van der Waals surface area contributed by atoms with Gasteiger partial charge in [0.1, 0.15) is 5.58 Å². The van der Waals surface area contributed by atoms with Crippen molar-refractivity contribution in [3.05, 3.63) is 46.3 Å². The van der Waals surface area contributed by atoms with Crippen molar-refractivity contribution < 1.29 is 18.7 Å². The molecule has 152 valence electrons. The average molecular weight is 396 g/mol. The Morgan fingerprint density at radius 2 is 1.83 bits per heavy atom. The van der Waals surface area contributed by atoms with Crippen LogP contribution >= 0.6 is 0 Å². The first-order valence-corrected chi connectivity index (χ1v) is 10.3. The summed E-state index contributed by atoms with van der Waals surface area (Å²) >= 11 is 0. The highest BCUT2D eigenvalue weighted by Gasteiger charge is 2.44. The number of hydrogen-bond acceptors (Lipinski definition) is 5. The van der Waals surface area contributed by atoms with E-state index in [4.69, 9.17) is 9.15 Å². The van der Waals surface area contributed by atoms with Crippen LogP contribution in [-0.2, 0) is 9.53 Å². The molecule has 0 radical (unpaired) electrons. The second-order valence-corrected chi connectivity index (χ2v) is 8.31. The lowest BCUT2D eigenvalue weighted by atomic mass is 9.96. The molecule has 3 aliphatic rings. The molecular formula is C22H24N2O5. The number of fused-ring (bicyclic) bond motifs is 3. The van der Waals surface area contributed by atoms with Gasteiger partial charge in [-0.25, -0.2) is 0 Å². The van der Waals surface area contributed by atoms with Crippen LogP contribution < -0.4 is 10.7 Å². The summed E-state index contributed by atoms with van der Waals surface area (Å²) in [6.45, 7) is 1.14. The largest absolute Gasteiger partial charge is 0.451 e. The monoisotopic (exact) mass is 396 g/mol. The van der Waals surface area contributed by atoms with E-state index in [1.165, 1.54) is 6.07 Å². The quantitative estimate of drug-likeness (QED) is 0.858. The number of carbonyl (C=O) groups excluding carboxylic acids is 2. The molecular weight excluding hydrogens is 372 g/mol. The maximum absolute atomic E-state index is 13.2. The molecule has 3 atom stereocenters. The van der Waals surface area contributed by atoms with E-state index in [2.05, 4.69) is 5.32 Å². The van der Waals surface area contributed by atoms with Gasteiger partial charge in [-0.2, -0.15) is 0 Å². The Morgan fingerprint density at radius 3 is 2.55 bits per heavy atom. The maximum atomic E-state index is 13.2. The molecule has 1 N–H and O–H groups in total. The van der Waals surface area contributed by atoms with Crippen LogP contribution in [0.5, 0.6) is 0 Å². The zero-order valence-electron chi connectivity index (χ0n) is 16.1. The summed E-state index contributed by atoms with van der Waals surface area (Å²) < 4.78 is 11.1. The fraction of sp³-hybridized carbons (Fsp3) is 0.500. The molecule has 7 nitrogen and oxygen atoms in total. The third-order valence-electron chi connectivity index (χ3n) is 6.46. The normalized spacial score (nSPS) is 28.6. The number of benzene rings is 1. The van der Waals surface area contributed by atoms with E-state index in [1.54, 1.807) is 24.3 Å². The molecule has 29 heavy (non-hydrogen) atoms. The summed E-state index contributed by atoms with van der Waals surface area (Å²) in [4.78, 5) is 39.9. The van der Waals surface area contributed by atoms with E-state index in [0.29, 0.717) is 24.2 Å². The minimum Gasteiger partial charge on any atom is -0.451 e. The van der Waals surface area contributed by atoms with Crippen molar-refractivity contribution in [2.75, 3.05) is 13.2 Å². The van der Waals surface area contributed by atoms with E-state index in [0.717, 1.165) is 32.1 Å². The molecule has 0 aliphatic carbocycles. The highest BCUT2D eigenvalue weighted by molar-refractivity contribution is 5.94. The summed E-state index contributed by atoms with van der Waals surface area (Å²) in [6.07, 6.45) is 4.07. The SMILES string of the molecule is O=C(NC1CC2CCC(C1)N2C(=O)c1cc(=O)c2ccccc2o1)C1CCOC1. The van der Waals surface area contributed by atoms with Crippen LogP contribution in [0.2, 0.25) is 0 Å². The standard InChI is InChI=1S/C22H24N2O5/c25-18-11-20(29-19-4-2-1-3-17(18)19)22(27)24-15-5-6-16(24)10-14(9-15)23-21(26)13-7-8-28-12-13/h1-4,11,13-16H,5-10,12H2,(H,23,26). The highest BCUT2D eigenvalue weighted by atomic mass is 16.5. The van der Waals surface area contributed by atoms with Crippen LogP contribution in [0.25, 0.3) is 11.0 Å². The lowest BCUT2D eigenvalue weighted by molar-refractivity contribution is -0.126. The van der Waals surface area contributed by atoms with Gasteiger partial charge < -0.3 is 19.4 Å². The first kappa shape index (κ1) is 18.4. The van der Waals surface area contributed by atoms with Crippen molar-refractivity contribution in [3.8, 4) is 0 Å². The van der Waals surface area contributed by atoms with Crippen LogP contribution in [0.15, 0.2) is 39.5 Å². The number of ether oxygens (including phenoxy) is 1. The van der Waals surface area contributed by atoms with Gasteiger partial charge in [0, 0.05) is 30.8 Å². The molecule has 3 unspecified atom stereocenters. The second-order valence-electron chi connectivity index (χ2n) is 8.31. The molecule has 4 heterocycles. The number of carbonyl (C=O) groups is 2. The number of rotatable bonds is 3. The smallest absolute Gasteiger partial charge is 0.290 e. The van der Waals surface area contributed by atoms with Crippen molar-refractivity contribution in [2.45, 2.75) is 50.2 Å². The zero-order chi connectivity index (χ0) is 20.0. The predicted molar refractivity (Wildman–Crippen MR) is 106 cm³/mol. The van der Waals surface area contributed by atoms with Gasteiger partial charge in [0.05, 0.1) is 17.9 Å². The Morgan fingerprint density at radius 1 is 1.07 bits per heavy atom. The van der Waals surface area contributed by atoms with Crippen molar-refractivity contribution in [2.24, 2.45) is 5.92 Å². The zero-order valence-corrected chi connectivity index (χ0v) is 16.1. The van der Waals surface area contributed by atoms with Gasteiger partial charge in [0.2, 0.25) is 5.91 Å². The second kappa shape index (κ2) is 7.30. The van der Waals surface area contributed by atoms with E-state index < -0.39 is 0 Å². The van der Waals surface area contributed by atoms with Gasteiger partial charge in [0.25, 0.3) is 5.91 Å². The Balaban J connectivity index is 1.32. The van der Waals surface area contributed by atoms with Gasteiger partial charge in [-0.05, 0) is 44.2 Å². The fourth-order valence-corrected chi connectivity index (χ4v) is 5.02. The Kier molecular flexibility index (Phi) is 4.62. The van der Waals surface area contributed by atoms with Crippen molar-refractivity contribution in [1.29, 1.82) is 0 Å². The number of para-hydroxylation sites is 1. The number of piperidine rings is 1. The summed E-state index contributed by atoms with van der Waals surface area (Å²) in [5.41, 5.74) is 0.222. The van der Waals surface area contributed by atoms with Crippen LogP contribution in [0, 0.1) is 5.92 Å². The summed E-state index contributed by atoms with van der Waals surface area (Å²) in [5, 5.41) is 3.64. The minimum absolute atomic E-state index is 0.0563. The molecule has 5 rings (SSSR count). The molecule has 2 aromatic rings. The summed E-state index contributed by atoms with van der Waals surface area (Å²) in [7, 11) is 0. The molecule has 0 saturated carbocycles. The van der Waals surface area contributed by atoms with E-state index >= 15 is 0 Å². The third kappa shape index (κ3) is 3.33. The lowest BCUT2D eigenvalue weighted by Crippen LogP contribution is -2.53. The maximum Gasteiger partial charge on any atom is 0.290 e. The Labute approximate surface area is 168 Å². The van der Waals surface area contributed by atoms with Gasteiger partial charge in [-0.15, -0.1) is 0 Å². The molecule has 3 aliphatic heterocycles. The number of amides is 2. The topological polar surface area (TPSA) is 88.9 Å². The van der Waals surface area contributed by atoms with Crippen LogP contribution in [-0.4, -0.2) is 48.1 Å². The van der Waals surface area contributed by atoms with Gasteiger partial charge in [-0.3, -0.25) is 14.4 Å². The van der Waals surface area contributed by atoms with Gasteiger partial charge >= 0.3 is 0 Å². The number of hydrogen-bond donors (Lipinski definition) is 1. The molecule has 0 spiro atoms. The predicted octanol–water partition coefficient (Wildman–Crippen LogP) is 2.08. The average Bonchev–Trinajstić information content (AvgIpc) is 3.34. The molecule has 1 aromatic heterocycles. The molecule has 1 aromatic carbocycles. The number of nitrogens with one attached hydrogen (secondary N) is 1. The van der Waals surface area contributed by atoms with Crippen molar-refractivity contribution >= 4 is 22.8 Å². The van der Waals surface area contributed by atoms with Crippen molar-refractivity contribution in [1.82, 2.24) is 10.2 Å². The Hall–Kier alpha value is -2.67. The summed E-state index contributed by atoms with van der Waals surface area (Å²) in [5.74, 6) is -0.128. The molecule has 3 saturated heterocycles. The van der Waals surface area contributed by atoms with E-state index in [1.807, 2.05) is 4.90 Å². The van der Waals surface area contributed by atoms with Crippen LogP contribution in [0.1, 0.15) is 42.7 Å². The van der Waals surface area contributed by atoms with E-state index in [-0.39, 0.29) is 47.0 Å². The van der Waals surface area contributed by atoms with Crippen LogP contribution in [0.3, 0.4) is 0 Å². The van der Waals surface area contributed by atoms with Gasteiger partial charge in [0.15, 0.2) is 11.2 Å². The third-order valence-corrected chi connectivity index (χ3v) is 6.46. The molecule has 3 fully saturated rings. The van der Waals surface area contributed by atoms with Crippen molar-refractivity contribution in [3.63, 3.8) is 0 Å². The number of nitrogens with zero attached hydrogens (tertiary/aromatic N) is 1. The van der Waals surface area contributed by atoms with Gasteiger partial charge in [-0.1, -0.05) is 12.1 Å². The van der Waals surface area contributed by atoms with Crippen LogP contribution in [0.4, 0.5) is 0 Å². The highest BCUT2D eigenvalue weighted by Crippen LogP contribution is 2.37. The molecule has 2 bridgehead atoms. The molecule has 2 amide bonds. The molecule has 7 heteroatoms. The first-order valence-electron chi connectivity index (χ1n) is 10.3. The lowest BCUT2D eigenvalue weighted by Gasteiger charge is -2.39.